The molecule has 0 fully saturated rings. The van der Waals surface area contributed by atoms with Crippen LogP contribution in [0.25, 0.3) is 0 Å². The predicted molar refractivity (Wildman–Crippen MR) is 70.2 cm³/mol. The molecule has 0 heterocycles. The molecule has 4 heteroatoms. The average Bonchev–Trinajstić information content (AvgIpc) is 2.34. The number of aryl methyl sites for hydroxylation is 1. The van der Waals surface area contributed by atoms with Crippen molar-refractivity contribution in [3.05, 3.63) is 29.3 Å². The van der Waals surface area contributed by atoms with Gasteiger partial charge in [-0.3, -0.25) is 0 Å². The van der Waals surface area contributed by atoms with Gasteiger partial charge in [0, 0.05) is 25.8 Å². The van der Waals surface area contributed by atoms with E-state index in [0.717, 1.165) is 17.8 Å². The summed E-state index contributed by atoms with van der Waals surface area (Å²) in [6.07, 6.45) is 0. The maximum absolute atomic E-state index is 8.61. The van der Waals surface area contributed by atoms with Crippen LogP contribution in [0.1, 0.15) is 11.1 Å². The van der Waals surface area contributed by atoms with Gasteiger partial charge in [-0.15, -0.1) is 0 Å². The number of hydrogen-bond acceptors (Lipinski definition) is 4. The van der Waals surface area contributed by atoms with Gasteiger partial charge in [-0.25, -0.2) is 0 Å². The van der Waals surface area contributed by atoms with Crippen molar-refractivity contribution in [2.75, 3.05) is 38.3 Å². The second-order valence-corrected chi connectivity index (χ2v) is 4.09. The molecule has 3 N–H and O–H groups in total. The molecular weight excluding hydrogens is 216 g/mol. The molecule has 1 rings (SSSR count). The Morgan fingerprint density at radius 3 is 2.76 bits per heavy atom. The number of hydrogen-bond donors (Lipinski definition) is 2. The Labute approximate surface area is 103 Å². The Bertz CT molecular complexity index is 342. The van der Waals surface area contributed by atoms with Gasteiger partial charge in [0.15, 0.2) is 0 Å². The lowest BCUT2D eigenvalue weighted by molar-refractivity contribution is 0.0971. The van der Waals surface area contributed by atoms with Gasteiger partial charge in [-0.2, -0.15) is 0 Å². The molecule has 1 aromatic rings. The molecule has 4 nitrogen and oxygen atoms in total. The maximum atomic E-state index is 8.61. The summed E-state index contributed by atoms with van der Waals surface area (Å²) in [5.41, 5.74) is 9.24. The Morgan fingerprint density at radius 1 is 1.35 bits per heavy atom. The van der Waals surface area contributed by atoms with Crippen molar-refractivity contribution in [3.63, 3.8) is 0 Å². The van der Waals surface area contributed by atoms with Crippen LogP contribution in [0.5, 0.6) is 0 Å². The highest BCUT2D eigenvalue weighted by atomic mass is 16.5. The van der Waals surface area contributed by atoms with Crippen LogP contribution in [0.4, 0.5) is 5.69 Å². The fraction of sp³-hybridized carbons (Fsp3) is 0.538. The molecule has 0 aromatic heterocycles. The number of rotatable bonds is 7. The fourth-order valence-corrected chi connectivity index (χ4v) is 1.69. The highest BCUT2D eigenvalue weighted by Crippen LogP contribution is 2.20. The average molecular weight is 238 g/mol. The van der Waals surface area contributed by atoms with Crippen molar-refractivity contribution in [1.82, 2.24) is 0 Å². The summed E-state index contributed by atoms with van der Waals surface area (Å²) in [5, 5.41) is 8.61. The van der Waals surface area contributed by atoms with E-state index in [1.807, 2.05) is 7.05 Å². The summed E-state index contributed by atoms with van der Waals surface area (Å²) >= 11 is 0. The molecule has 96 valence electrons. The van der Waals surface area contributed by atoms with Gasteiger partial charge < -0.3 is 20.5 Å². The van der Waals surface area contributed by atoms with Gasteiger partial charge in [0.05, 0.1) is 19.8 Å². The minimum Gasteiger partial charge on any atom is -0.394 e. The van der Waals surface area contributed by atoms with Gasteiger partial charge in [0.2, 0.25) is 0 Å². The third kappa shape index (κ3) is 4.34. The smallest absolute Gasteiger partial charge is 0.0698 e. The summed E-state index contributed by atoms with van der Waals surface area (Å²) in [7, 11) is 2.02. The van der Waals surface area contributed by atoms with E-state index in [0.29, 0.717) is 19.8 Å². The van der Waals surface area contributed by atoms with Crippen LogP contribution < -0.4 is 10.6 Å². The van der Waals surface area contributed by atoms with Crippen LogP contribution in [-0.4, -0.2) is 38.5 Å². The van der Waals surface area contributed by atoms with E-state index < -0.39 is 0 Å². The van der Waals surface area contributed by atoms with Crippen LogP contribution in [0.2, 0.25) is 0 Å². The molecule has 0 radical (unpaired) electrons. The van der Waals surface area contributed by atoms with Crippen molar-refractivity contribution in [3.8, 4) is 0 Å². The van der Waals surface area contributed by atoms with E-state index in [9.17, 15) is 0 Å². The number of nitrogens with two attached hydrogens (primary N) is 1. The number of nitrogens with zero attached hydrogens (tertiary/aromatic N) is 1. The lowest BCUT2D eigenvalue weighted by Crippen LogP contribution is -2.24. The molecule has 0 amide bonds. The first-order chi connectivity index (χ1) is 8.19. The van der Waals surface area contributed by atoms with Crippen molar-refractivity contribution < 1.29 is 9.84 Å². The second kappa shape index (κ2) is 7.27. The zero-order valence-electron chi connectivity index (χ0n) is 10.6. The molecule has 0 saturated carbocycles. The second-order valence-electron chi connectivity index (χ2n) is 4.09. The molecule has 0 unspecified atom stereocenters. The van der Waals surface area contributed by atoms with E-state index in [-0.39, 0.29) is 6.61 Å². The molecule has 0 bridgehead atoms. The molecule has 1 aromatic carbocycles. The number of aliphatic hydroxyl groups excluding tert-OH is 1. The maximum Gasteiger partial charge on any atom is 0.0698 e. The zero-order valence-corrected chi connectivity index (χ0v) is 10.6. The lowest BCUT2D eigenvalue weighted by Gasteiger charge is -2.22. The van der Waals surface area contributed by atoms with E-state index >= 15 is 0 Å². The first-order valence-electron chi connectivity index (χ1n) is 5.88. The summed E-state index contributed by atoms with van der Waals surface area (Å²) in [4.78, 5) is 2.13. The molecular formula is C13H22N2O2. The molecule has 0 aliphatic heterocycles. The third-order valence-corrected chi connectivity index (χ3v) is 2.68. The topological polar surface area (TPSA) is 58.7 Å². The highest BCUT2D eigenvalue weighted by Gasteiger charge is 2.06. The quantitative estimate of drug-likeness (QED) is 0.693. The van der Waals surface area contributed by atoms with Crippen LogP contribution in [-0.2, 0) is 11.3 Å². The predicted octanol–water partition coefficient (Wildman–Crippen LogP) is 0.899. The standard InChI is InChI=1S/C13H22N2O2/c1-11-3-4-12(10-14)13(9-11)15(2)5-7-17-8-6-16/h3-4,9,16H,5-8,10,14H2,1-2H3. The zero-order chi connectivity index (χ0) is 12.7. The summed E-state index contributed by atoms with van der Waals surface area (Å²) in [5.74, 6) is 0. The van der Waals surface area contributed by atoms with Gasteiger partial charge >= 0.3 is 0 Å². The summed E-state index contributed by atoms with van der Waals surface area (Å²) < 4.78 is 5.26. The van der Waals surface area contributed by atoms with E-state index in [1.54, 1.807) is 0 Å². The van der Waals surface area contributed by atoms with Gasteiger partial charge in [0.1, 0.15) is 0 Å². The van der Waals surface area contributed by atoms with Crippen LogP contribution in [0.15, 0.2) is 18.2 Å². The Hall–Kier alpha value is -1.10. The first-order valence-corrected chi connectivity index (χ1v) is 5.88. The Kier molecular flexibility index (Phi) is 5.97. The monoisotopic (exact) mass is 238 g/mol. The van der Waals surface area contributed by atoms with Crippen molar-refractivity contribution in [2.24, 2.45) is 5.73 Å². The number of ether oxygens (including phenoxy) is 1. The molecule has 17 heavy (non-hydrogen) atoms. The minimum absolute atomic E-state index is 0.0716. The highest BCUT2D eigenvalue weighted by molar-refractivity contribution is 5.54. The Morgan fingerprint density at radius 2 is 2.12 bits per heavy atom. The first kappa shape index (κ1) is 14.0. The number of benzene rings is 1. The van der Waals surface area contributed by atoms with E-state index in [2.05, 4.69) is 30.0 Å². The molecule has 0 spiro atoms. The van der Waals surface area contributed by atoms with Gasteiger partial charge in [-0.05, 0) is 24.1 Å². The van der Waals surface area contributed by atoms with E-state index in [4.69, 9.17) is 15.6 Å². The van der Waals surface area contributed by atoms with Crippen LogP contribution in [0.3, 0.4) is 0 Å². The van der Waals surface area contributed by atoms with Gasteiger partial charge in [-0.1, -0.05) is 12.1 Å². The lowest BCUT2D eigenvalue weighted by atomic mass is 10.1. The minimum atomic E-state index is 0.0716. The molecule has 0 aliphatic carbocycles. The summed E-state index contributed by atoms with van der Waals surface area (Å²) in [6, 6.07) is 6.27. The SMILES string of the molecule is Cc1ccc(CN)c(N(C)CCOCCO)c1. The number of aliphatic hydroxyl groups is 1. The fourth-order valence-electron chi connectivity index (χ4n) is 1.69. The van der Waals surface area contributed by atoms with Crippen molar-refractivity contribution >= 4 is 5.69 Å². The Balaban J connectivity index is 2.60. The van der Waals surface area contributed by atoms with Crippen LogP contribution >= 0.6 is 0 Å². The molecule has 0 aliphatic rings. The van der Waals surface area contributed by atoms with E-state index in [1.165, 1.54) is 5.56 Å². The number of anilines is 1. The third-order valence-electron chi connectivity index (χ3n) is 2.68. The van der Waals surface area contributed by atoms with Gasteiger partial charge in [0.25, 0.3) is 0 Å². The van der Waals surface area contributed by atoms with Crippen molar-refractivity contribution in [2.45, 2.75) is 13.5 Å². The number of likely N-dealkylation sites (N-methyl/N-ethyl adjacent to an activating group) is 1. The van der Waals surface area contributed by atoms with Crippen LogP contribution in [0, 0.1) is 6.92 Å². The molecule has 0 atom stereocenters. The van der Waals surface area contributed by atoms with Crippen molar-refractivity contribution in [1.29, 1.82) is 0 Å². The summed E-state index contributed by atoms with van der Waals surface area (Å²) in [6.45, 7) is 4.47. The largest absolute Gasteiger partial charge is 0.394 e. The normalized spacial score (nSPS) is 10.6. The molecule has 0 saturated heterocycles.